The van der Waals surface area contributed by atoms with Gasteiger partial charge in [0.1, 0.15) is 5.82 Å². The fraction of sp³-hybridized carbons (Fsp3) is 0.250. The molecule has 0 fully saturated rings. The summed E-state index contributed by atoms with van der Waals surface area (Å²) >= 11 is 3.17. The van der Waals surface area contributed by atoms with Gasteiger partial charge in [-0.2, -0.15) is 5.10 Å². The molecule has 0 aliphatic rings. The smallest absolute Gasteiger partial charge is 0.137 e. The Balaban J connectivity index is 1.90. The summed E-state index contributed by atoms with van der Waals surface area (Å²) in [4.78, 5) is 0. The number of hydrogen-bond donors (Lipinski definition) is 1. The predicted molar refractivity (Wildman–Crippen MR) is 67.9 cm³/mol. The molecular weight excluding hydrogens is 285 g/mol. The second-order valence-electron chi connectivity index (χ2n) is 3.80. The summed E-state index contributed by atoms with van der Waals surface area (Å²) < 4.78 is 15.3. The molecule has 1 N–H and O–H groups in total. The maximum absolute atomic E-state index is 13.0. The van der Waals surface area contributed by atoms with Crippen LogP contribution in [0.15, 0.2) is 34.9 Å². The molecule has 0 atom stereocenters. The Morgan fingerprint density at radius 1 is 1.35 bits per heavy atom. The molecule has 0 spiro atoms. The van der Waals surface area contributed by atoms with Gasteiger partial charge in [0.25, 0.3) is 0 Å². The highest BCUT2D eigenvalue weighted by molar-refractivity contribution is 9.10. The van der Waals surface area contributed by atoms with E-state index in [1.54, 1.807) is 18.3 Å². The van der Waals surface area contributed by atoms with Gasteiger partial charge in [0.15, 0.2) is 0 Å². The third-order valence-electron chi connectivity index (χ3n) is 2.54. The van der Waals surface area contributed by atoms with Crippen LogP contribution >= 0.6 is 15.9 Å². The molecule has 3 nitrogen and oxygen atoms in total. The lowest BCUT2D eigenvalue weighted by atomic mass is 10.2. The van der Waals surface area contributed by atoms with Crippen LogP contribution in [0.25, 0.3) is 0 Å². The van der Waals surface area contributed by atoms with Gasteiger partial charge in [-0.15, -0.1) is 0 Å². The molecule has 17 heavy (non-hydrogen) atoms. The summed E-state index contributed by atoms with van der Waals surface area (Å²) in [5, 5.41) is 7.38. The number of aryl methyl sites for hydroxylation is 1. The van der Waals surface area contributed by atoms with Crippen molar-refractivity contribution in [3.05, 3.63) is 52.0 Å². The number of nitrogens with zero attached hydrogens (tertiary/aromatic N) is 2. The highest BCUT2D eigenvalue weighted by Crippen LogP contribution is 2.16. The molecule has 0 saturated heterocycles. The minimum Gasteiger partial charge on any atom is -0.307 e. The lowest BCUT2D eigenvalue weighted by Gasteiger charge is -2.06. The van der Waals surface area contributed by atoms with E-state index in [-0.39, 0.29) is 5.82 Å². The second-order valence-corrected chi connectivity index (χ2v) is 4.65. The minimum atomic E-state index is -0.236. The van der Waals surface area contributed by atoms with Gasteiger partial charge >= 0.3 is 0 Å². The lowest BCUT2D eigenvalue weighted by Crippen LogP contribution is -2.15. The monoisotopic (exact) mass is 297 g/mol. The fourth-order valence-corrected chi connectivity index (χ4v) is 1.99. The van der Waals surface area contributed by atoms with Gasteiger partial charge in [-0.05, 0) is 39.7 Å². The van der Waals surface area contributed by atoms with Crippen molar-refractivity contribution >= 4 is 15.9 Å². The minimum absolute atomic E-state index is 0.236. The standard InChI is InChI=1S/C12H13BrFN3/c1-17-10(4-5-16-17)8-15-7-9-2-3-12(14)11(13)6-9/h2-6,15H,7-8H2,1H3. The SMILES string of the molecule is Cn1nccc1CNCc1ccc(F)c(Br)c1. The predicted octanol–water partition coefficient (Wildman–Crippen LogP) is 2.61. The molecule has 0 amide bonds. The third-order valence-corrected chi connectivity index (χ3v) is 3.15. The van der Waals surface area contributed by atoms with Crippen molar-refractivity contribution < 1.29 is 4.39 Å². The molecule has 0 unspecified atom stereocenters. The molecule has 0 radical (unpaired) electrons. The summed E-state index contributed by atoms with van der Waals surface area (Å²) in [6, 6.07) is 6.99. The van der Waals surface area contributed by atoms with Gasteiger partial charge in [0.05, 0.1) is 10.2 Å². The van der Waals surface area contributed by atoms with Crippen LogP contribution in [0.2, 0.25) is 0 Å². The van der Waals surface area contributed by atoms with Crippen molar-refractivity contribution in [1.29, 1.82) is 0 Å². The van der Waals surface area contributed by atoms with Crippen molar-refractivity contribution in [1.82, 2.24) is 15.1 Å². The summed E-state index contributed by atoms with van der Waals surface area (Å²) in [6.07, 6.45) is 1.77. The molecule has 0 bridgehead atoms. The maximum atomic E-state index is 13.0. The van der Waals surface area contributed by atoms with E-state index in [0.29, 0.717) is 11.0 Å². The van der Waals surface area contributed by atoms with Gasteiger partial charge < -0.3 is 5.32 Å². The zero-order valence-electron chi connectivity index (χ0n) is 9.45. The third kappa shape index (κ3) is 3.14. The Hall–Kier alpha value is -1.20. The quantitative estimate of drug-likeness (QED) is 0.940. The Bertz CT molecular complexity index is 510. The van der Waals surface area contributed by atoms with Crippen molar-refractivity contribution in [2.45, 2.75) is 13.1 Å². The molecule has 90 valence electrons. The van der Waals surface area contributed by atoms with Crippen LogP contribution in [0.5, 0.6) is 0 Å². The zero-order valence-corrected chi connectivity index (χ0v) is 11.0. The van der Waals surface area contributed by atoms with Crippen molar-refractivity contribution in [2.75, 3.05) is 0 Å². The van der Waals surface area contributed by atoms with E-state index in [0.717, 1.165) is 17.8 Å². The summed E-state index contributed by atoms with van der Waals surface area (Å²) in [7, 11) is 1.91. The van der Waals surface area contributed by atoms with E-state index in [1.165, 1.54) is 6.07 Å². The molecule has 1 aromatic heterocycles. The lowest BCUT2D eigenvalue weighted by molar-refractivity contribution is 0.612. The zero-order chi connectivity index (χ0) is 12.3. The van der Waals surface area contributed by atoms with E-state index in [2.05, 4.69) is 26.3 Å². The molecule has 5 heteroatoms. The van der Waals surface area contributed by atoms with Crippen LogP contribution in [-0.2, 0) is 20.1 Å². The van der Waals surface area contributed by atoms with E-state index < -0.39 is 0 Å². The van der Waals surface area contributed by atoms with E-state index in [9.17, 15) is 4.39 Å². The summed E-state index contributed by atoms with van der Waals surface area (Å²) in [5.41, 5.74) is 2.16. The topological polar surface area (TPSA) is 29.9 Å². The average Bonchev–Trinajstić information content (AvgIpc) is 2.70. The first-order valence-electron chi connectivity index (χ1n) is 5.28. The summed E-state index contributed by atoms with van der Waals surface area (Å²) in [6.45, 7) is 1.44. The molecule has 0 aliphatic heterocycles. The van der Waals surface area contributed by atoms with Gasteiger partial charge in [-0.25, -0.2) is 4.39 Å². The maximum Gasteiger partial charge on any atom is 0.137 e. The van der Waals surface area contributed by atoms with E-state index in [1.807, 2.05) is 17.8 Å². The van der Waals surface area contributed by atoms with E-state index in [4.69, 9.17) is 0 Å². The van der Waals surface area contributed by atoms with Gasteiger partial charge in [-0.1, -0.05) is 6.07 Å². The molecule has 0 saturated carbocycles. The number of aromatic nitrogens is 2. The molecule has 1 aromatic carbocycles. The fourth-order valence-electron chi connectivity index (χ4n) is 1.56. The van der Waals surface area contributed by atoms with Gasteiger partial charge in [0.2, 0.25) is 0 Å². The van der Waals surface area contributed by atoms with Crippen LogP contribution in [0.4, 0.5) is 4.39 Å². The number of rotatable bonds is 4. The largest absolute Gasteiger partial charge is 0.307 e. The van der Waals surface area contributed by atoms with Crippen LogP contribution < -0.4 is 5.32 Å². The van der Waals surface area contributed by atoms with Crippen molar-refractivity contribution in [3.8, 4) is 0 Å². The number of halogens is 2. The molecule has 0 aliphatic carbocycles. The Kier molecular flexibility index (Phi) is 3.91. The van der Waals surface area contributed by atoms with Crippen molar-refractivity contribution in [3.63, 3.8) is 0 Å². The molecular formula is C12H13BrFN3. The number of nitrogens with one attached hydrogen (secondary N) is 1. The highest BCUT2D eigenvalue weighted by Gasteiger charge is 2.01. The second kappa shape index (κ2) is 5.42. The Labute approximate surface area is 108 Å². The van der Waals surface area contributed by atoms with Crippen LogP contribution in [0, 0.1) is 5.82 Å². The Morgan fingerprint density at radius 2 is 2.18 bits per heavy atom. The van der Waals surface area contributed by atoms with Crippen molar-refractivity contribution in [2.24, 2.45) is 7.05 Å². The average molecular weight is 298 g/mol. The van der Waals surface area contributed by atoms with Crippen LogP contribution in [-0.4, -0.2) is 9.78 Å². The normalized spacial score (nSPS) is 10.8. The highest BCUT2D eigenvalue weighted by atomic mass is 79.9. The van der Waals surface area contributed by atoms with Crippen LogP contribution in [0.1, 0.15) is 11.3 Å². The number of benzene rings is 1. The Morgan fingerprint density at radius 3 is 2.82 bits per heavy atom. The van der Waals surface area contributed by atoms with Gasteiger partial charge in [0, 0.05) is 26.3 Å². The molecule has 1 heterocycles. The van der Waals surface area contributed by atoms with Gasteiger partial charge in [-0.3, -0.25) is 4.68 Å². The first kappa shape index (κ1) is 12.3. The van der Waals surface area contributed by atoms with E-state index >= 15 is 0 Å². The number of hydrogen-bond acceptors (Lipinski definition) is 2. The first-order chi connectivity index (χ1) is 8.16. The van der Waals surface area contributed by atoms with Crippen LogP contribution in [0.3, 0.4) is 0 Å². The molecule has 2 aromatic rings. The summed E-state index contributed by atoms with van der Waals surface area (Å²) in [5.74, 6) is -0.236. The molecule has 2 rings (SSSR count). The first-order valence-corrected chi connectivity index (χ1v) is 6.07.